The number of anilines is 1. The van der Waals surface area contributed by atoms with E-state index in [1.54, 1.807) is 37.5 Å². The number of nitrogens with two attached hydrogens (primary N) is 3. The molecule has 7 heteroatoms. The van der Waals surface area contributed by atoms with E-state index in [1.807, 2.05) is 6.07 Å². The van der Waals surface area contributed by atoms with Crippen LogP contribution in [0, 0.1) is 0 Å². The molecule has 0 atom stereocenters. The van der Waals surface area contributed by atoms with E-state index in [1.165, 1.54) is 0 Å². The number of aliphatic imine (C=N–C) groups is 1. The van der Waals surface area contributed by atoms with Crippen molar-refractivity contribution in [1.29, 1.82) is 0 Å². The van der Waals surface area contributed by atoms with Gasteiger partial charge in [0.2, 0.25) is 5.91 Å². The second kappa shape index (κ2) is 6.02. The molecule has 0 unspecified atom stereocenters. The Kier molecular flexibility index (Phi) is 4.15. The van der Waals surface area contributed by atoms with Crippen molar-refractivity contribution in [1.82, 2.24) is 10.4 Å². The number of carbonyl (C=O) groups is 1. The van der Waals surface area contributed by atoms with E-state index < -0.39 is 5.91 Å². The van der Waals surface area contributed by atoms with Gasteiger partial charge in [-0.1, -0.05) is 12.1 Å². The van der Waals surface area contributed by atoms with Crippen molar-refractivity contribution >= 4 is 17.6 Å². The number of benzene rings is 1. The van der Waals surface area contributed by atoms with Gasteiger partial charge >= 0.3 is 0 Å². The van der Waals surface area contributed by atoms with E-state index >= 15 is 0 Å². The maximum absolute atomic E-state index is 11.1. The molecule has 1 aromatic heterocycles. The van der Waals surface area contributed by atoms with Crippen LogP contribution in [-0.2, 0) is 0 Å². The summed E-state index contributed by atoms with van der Waals surface area (Å²) in [6.07, 6.45) is 1.64. The van der Waals surface area contributed by atoms with Gasteiger partial charge in [-0.25, -0.2) is 10.8 Å². The molecule has 108 valence electrons. The zero-order valence-corrected chi connectivity index (χ0v) is 11.5. The quantitative estimate of drug-likeness (QED) is 0.278. The van der Waals surface area contributed by atoms with Crippen LogP contribution in [0.25, 0.3) is 11.1 Å². The summed E-state index contributed by atoms with van der Waals surface area (Å²) in [5.41, 5.74) is 16.3. The summed E-state index contributed by atoms with van der Waals surface area (Å²) in [6.45, 7) is 0. The summed E-state index contributed by atoms with van der Waals surface area (Å²) in [4.78, 5) is 19.2. The monoisotopic (exact) mass is 284 g/mol. The Morgan fingerprint density at radius 1 is 1.24 bits per heavy atom. The number of aromatic nitrogens is 1. The lowest BCUT2D eigenvalue weighted by Gasteiger charge is -2.10. The van der Waals surface area contributed by atoms with Gasteiger partial charge in [0.25, 0.3) is 0 Å². The van der Waals surface area contributed by atoms with Crippen LogP contribution >= 0.6 is 0 Å². The molecule has 21 heavy (non-hydrogen) atoms. The topological polar surface area (TPSA) is 132 Å². The number of carbonyl (C=O) groups excluding carboxylic acids is 1. The molecule has 0 fully saturated rings. The largest absolute Gasteiger partial charge is 0.383 e. The first kappa shape index (κ1) is 14.5. The Morgan fingerprint density at radius 3 is 2.43 bits per heavy atom. The SMILES string of the molecule is CN=C(NN)c1cc(-c2ccc(C(N)=O)cc2)cnc1N. The molecule has 7 N–H and O–H groups in total. The van der Waals surface area contributed by atoms with E-state index in [2.05, 4.69) is 15.4 Å². The fraction of sp³-hybridized carbons (Fsp3) is 0.0714. The maximum atomic E-state index is 11.1. The number of nitrogens with one attached hydrogen (secondary N) is 1. The summed E-state index contributed by atoms with van der Waals surface area (Å²) >= 11 is 0. The minimum Gasteiger partial charge on any atom is -0.383 e. The fourth-order valence-electron chi connectivity index (χ4n) is 1.91. The molecule has 0 saturated carbocycles. The lowest BCUT2D eigenvalue weighted by atomic mass is 10.0. The van der Waals surface area contributed by atoms with Gasteiger partial charge in [-0.05, 0) is 23.8 Å². The molecule has 7 nitrogen and oxygen atoms in total. The molecule has 0 aliphatic heterocycles. The van der Waals surface area contributed by atoms with Crippen LogP contribution in [0.15, 0.2) is 41.5 Å². The van der Waals surface area contributed by atoms with Crippen molar-refractivity contribution in [3.8, 4) is 11.1 Å². The number of rotatable bonds is 3. The summed E-state index contributed by atoms with van der Waals surface area (Å²) < 4.78 is 0. The predicted octanol–water partition coefficient (Wildman–Crippen LogP) is 0.269. The van der Waals surface area contributed by atoms with E-state index in [9.17, 15) is 4.79 Å². The second-order valence-corrected chi connectivity index (χ2v) is 4.31. The molecular weight excluding hydrogens is 268 g/mol. The number of primary amides is 1. The van der Waals surface area contributed by atoms with Gasteiger partial charge < -0.3 is 16.9 Å². The molecule has 0 radical (unpaired) electrons. The van der Waals surface area contributed by atoms with Crippen molar-refractivity contribution in [3.05, 3.63) is 47.7 Å². The molecule has 1 amide bonds. The van der Waals surface area contributed by atoms with Gasteiger partial charge in [0.15, 0.2) is 0 Å². The van der Waals surface area contributed by atoms with Gasteiger partial charge in [0.05, 0.1) is 5.56 Å². The van der Waals surface area contributed by atoms with Crippen LogP contribution in [0.1, 0.15) is 15.9 Å². The normalized spacial score (nSPS) is 11.2. The highest BCUT2D eigenvalue weighted by molar-refractivity contribution is 6.03. The summed E-state index contributed by atoms with van der Waals surface area (Å²) in [6, 6.07) is 8.71. The van der Waals surface area contributed by atoms with Gasteiger partial charge in [-0.15, -0.1) is 0 Å². The van der Waals surface area contributed by atoms with Crippen LogP contribution < -0.4 is 22.7 Å². The van der Waals surface area contributed by atoms with Crippen LogP contribution in [0.5, 0.6) is 0 Å². The maximum Gasteiger partial charge on any atom is 0.248 e. The average Bonchev–Trinajstić information content (AvgIpc) is 2.50. The second-order valence-electron chi connectivity index (χ2n) is 4.31. The van der Waals surface area contributed by atoms with E-state index in [0.717, 1.165) is 11.1 Å². The fourth-order valence-corrected chi connectivity index (χ4v) is 1.91. The van der Waals surface area contributed by atoms with Crippen LogP contribution in [-0.4, -0.2) is 23.8 Å². The third kappa shape index (κ3) is 2.98. The van der Waals surface area contributed by atoms with E-state index in [0.29, 0.717) is 22.8 Å². The van der Waals surface area contributed by atoms with Gasteiger partial charge in [0.1, 0.15) is 11.7 Å². The average molecular weight is 284 g/mol. The highest BCUT2D eigenvalue weighted by Crippen LogP contribution is 2.22. The van der Waals surface area contributed by atoms with Crippen molar-refractivity contribution in [2.75, 3.05) is 12.8 Å². The third-order valence-corrected chi connectivity index (χ3v) is 3.04. The minimum absolute atomic E-state index is 0.325. The molecular formula is C14H16N6O. The van der Waals surface area contributed by atoms with Crippen molar-refractivity contribution in [2.45, 2.75) is 0 Å². The lowest BCUT2D eigenvalue weighted by molar-refractivity contribution is 0.100. The van der Waals surface area contributed by atoms with Gasteiger partial charge in [0, 0.05) is 24.4 Å². The zero-order valence-electron chi connectivity index (χ0n) is 11.5. The zero-order chi connectivity index (χ0) is 15.4. The summed E-state index contributed by atoms with van der Waals surface area (Å²) in [5, 5.41) is 0. The summed E-state index contributed by atoms with van der Waals surface area (Å²) in [5.74, 6) is 5.71. The number of amidine groups is 1. The molecule has 0 aliphatic rings. The Balaban J connectivity index is 2.45. The molecule has 2 aromatic rings. The van der Waals surface area contributed by atoms with Crippen LogP contribution in [0.4, 0.5) is 5.82 Å². The van der Waals surface area contributed by atoms with Gasteiger partial charge in [-0.3, -0.25) is 9.79 Å². The number of pyridine rings is 1. The smallest absolute Gasteiger partial charge is 0.248 e. The van der Waals surface area contributed by atoms with Crippen molar-refractivity contribution in [2.24, 2.45) is 16.6 Å². The Morgan fingerprint density at radius 2 is 1.90 bits per heavy atom. The number of hydrogen-bond acceptors (Lipinski definition) is 5. The first-order valence-electron chi connectivity index (χ1n) is 6.16. The van der Waals surface area contributed by atoms with Crippen molar-refractivity contribution in [3.63, 3.8) is 0 Å². The highest BCUT2D eigenvalue weighted by Gasteiger charge is 2.10. The predicted molar refractivity (Wildman–Crippen MR) is 82.4 cm³/mol. The molecule has 1 heterocycles. The molecule has 0 saturated heterocycles. The first-order chi connectivity index (χ1) is 10.1. The molecule has 1 aromatic carbocycles. The van der Waals surface area contributed by atoms with Crippen LogP contribution in [0.2, 0.25) is 0 Å². The molecule has 0 spiro atoms. The first-order valence-corrected chi connectivity index (χ1v) is 6.16. The number of hydrazine groups is 1. The standard InChI is InChI=1S/C14H16N6O/c1-18-14(20-17)11-6-10(7-19-12(11)15)8-2-4-9(5-3-8)13(16)21/h2-7H,17H2,1H3,(H2,15,19)(H2,16,21)(H,18,20). The molecule has 0 bridgehead atoms. The Hall–Kier alpha value is -2.93. The van der Waals surface area contributed by atoms with Crippen LogP contribution in [0.3, 0.4) is 0 Å². The number of nitrogens with zero attached hydrogens (tertiary/aromatic N) is 2. The van der Waals surface area contributed by atoms with Crippen molar-refractivity contribution < 1.29 is 4.79 Å². The lowest BCUT2D eigenvalue weighted by Crippen LogP contribution is -2.31. The summed E-state index contributed by atoms with van der Waals surface area (Å²) in [7, 11) is 1.60. The molecule has 0 aliphatic carbocycles. The van der Waals surface area contributed by atoms with E-state index in [4.69, 9.17) is 17.3 Å². The third-order valence-electron chi connectivity index (χ3n) is 3.04. The number of amides is 1. The number of hydrogen-bond donors (Lipinski definition) is 4. The van der Waals surface area contributed by atoms with E-state index in [-0.39, 0.29) is 0 Å². The Labute approximate surface area is 121 Å². The number of nitrogen functional groups attached to an aromatic ring is 1. The highest BCUT2D eigenvalue weighted by atomic mass is 16.1. The molecule has 2 rings (SSSR count). The minimum atomic E-state index is -0.467. The van der Waals surface area contributed by atoms with Gasteiger partial charge in [-0.2, -0.15) is 0 Å². The Bertz CT molecular complexity index is 693.